The first-order valence-corrected chi connectivity index (χ1v) is 10.8. The molecule has 2 aliphatic rings. The quantitative estimate of drug-likeness (QED) is 0.583. The van der Waals surface area contributed by atoms with Crippen molar-refractivity contribution in [2.24, 2.45) is 0 Å². The van der Waals surface area contributed by atoms with Crippen molar-refractivity contribution in [1.82, 2.24) is 9.80 Å². The predicted molar refractivity (Wildman–Crippen MR) is 118 cm³/mol. The van der Waals surface area contributed by atoms with E-state index in [0.717, 1.165) is 13.1 Å². The number of benzene rings is 2. The molecule has 8 heteroatoms. The van der Waals surface area contributed by atoms with E-state index < -0.39 is 6.04 Å². The summed E-state index contributed by atoms with van der Waals surface area (Å²) in [5, 5.41) is 0. The highest BCUT2D eigenvalue weighted by atomic mass is 16.5. The van der Waals surface area contributed by atoms with Crippen molar-refractivity contribution in [2.45, 2.75) is 12.5 Å². The Morgan fingerprint density at radius 1 is 1.00 bits per heavy atom. The number of nitrogens with zero attached hydrogens (tertiary/aromatic N) is 3. The van der Waals surface area contributed by atoms with E-state index in [-0.39, 0.29) is 30.7 Å². The Labute approximate surface area is 187 Å². The van der Waals surface area contributed by atoms with Crippen LogP contribution in [0.5, 0.6) is 5.75 Å². The van der Waals surface area contributed by atoms with E-state index in [1.165, 1.54) is 9.80 Å². The summed E-state index contributed by atoms with van der Waals surface area (Å²) in [6.07, 6.45) is -0.0338. The Kier molecular flexibility index (Phi) is 7.14. The molecule has 0 aliphatic carbocycles. The van der Waals surface area contributed by atoms with Gasteiger partial charge in [-0.2, -0.15) is 0 Å². The van der Waals surface area contributed by atoms with Crippen LogP contribution >= 0.6 is 0 Å². The van der Waals surface area contributed by atoms with Crippen LogP contribution in [0.4, 0.5) is 5.69 Å². The van der Waals surface area contributed by atoms with E-state index in [0.29, 0.717) is 37.7 Å². The largest absolute Gasteiger partial charge is 0.484 e. The number of carbonyl (C=O) groups is 3. The molecule has 2 aliphatic heterocycles. The monoisotopic (exact) mass is 437 g/mol. The molecule has 3 amide bonds. The molecule has 0 saturated carbocycles. The maximum atomic E-state index is 13.2. The zero-order valence-corrected chi connectivity index (χ0v) is 17.9. The molecule has 0 N–H and O–H groups in total. The number of anilines is 1. The number of rotatable bonds is 8. The fraction of sp³-hybridized carbons (Fsp3) is 0.375. The van der Waals surface area contributed by atoms with Gasteiger partial charge in [-0.05, 0) is 24.3 Å². The first-order chi connectivity index (χ1) is 15.6. The van der Waals surface area contributed by atoms with E-state index in [1.807, 2.05) is 24.3 Å². The fourth-order valence-electron chi connectivity index (χ4n) is 3.98. The lowest BCUT2D eigenvalue weighted by atomic mass is 10.2. The van der Waals surface area contributed by atoms with Gasteiger partial charge < -0.3 is 14.4 Å². The minimum Gasteiger partial charge on any atom is -0.484 e. The van der Waals surface area contributed by atoms with Crippen molar-refractivity contribution in [3.63, 3.8) is 0 Å². The number of para-hydroxylation sites is 2. The van der Waals surface area contributed by atoms with Crippen LogP contribution in [0, 0.1) is 0 Å². The third-order valence-corrected chi connectivity index (χ3v) is 5.70. The molecule has 168 valence electrons. The van der Waals surface area contributed by atoms with E-state index in [9.17, 15) is 14.4 Å². The molecule has 2 saturated heterocycles. The van der Waals surface area contributed by atoms with Gasteiger partial charge in [0.1, 0.15) is 11.8 Å². The Morgan fingerprint density at radius 2 is 1.66 bits per heavy atom. The highest BCUT2D eigenvalue weighted by molar-refractivity contribution is 6.23. The predicted octanol–water partition coefficient (Wildman–Crippen LogP) is 1.56. The zero-order chi connectivity index (χ0) is 22.3. The van der Waals surface area contributed by atoms with Gasteiger partial charge in [0, 0.05) is 26.2 Å². The molecule has 8 nitrogen and oxygen atoms in total. The molecule has 1 atom stereocenters. The average Bonchev–Trinajstić information content (AvgIpc) is 3.13. The molecule has 4 rings (SSSR count). The summed E-state index contributed by atoms with van der Waals surface area (Å²) < 4.78 is 11.0. The molecule has 2 fully saturated rings. The second kappa shape index (κ2) is 10.4. The summed E-state index contributed by atoms with van der Waals surface area (Å²) in [5.74, 6) is -0.424. The lowest BCUT2D eigenvalue weighted by molar-refractivity contribution is -0.140. The first-order valence-electron chi connectivity index (χ1n) is 10.8. The normalized spacial score (nSPS) is 19.2. The standard InChI is InChI=1S/C24H27N3O5/c28-22-17-21(24(30)27(22)19-7-3-1-4-8-19)26(12-11-25-13-15-31-16-14-25)23(29)18-32-20-9-5-2-6-10-20/h1-10,21H,11-18H2. The van der Waals surface area contributed by atoms with Gasteiger partial charge in [0.15, 0.2) is 6.61 Å². The van der Waals surface area contributed by atoms with Crippen molar-refractivity contribution < 1.29 is 23.9 Å². The minimum absolute atomic E-state index is 0.0338. The molecular formula is C24H27N3O5. The topological polar surface area (TPSA) is 79.4 Å². The number of imide groups is 1. The average molecular weight is 437 g/mol. The molecule has 1 unspecified atom stereocenters. The molecule has 2 aromatic rings. The van der Waals surface area contributed by atoms with Gasteiger partial charge in [-0.3, -0.25) is 19.3 Å². The van der Waals surface area contributed by atoms with Crippen LogP contribution in [0.1, 0.15) is 6.42 Å². The number of hydrogen-bond donors (Lipinski definition) is 0. The summed E-state index contributed by atoms with van der Waals surface area (Å²) >= 11 is 0. The van der Waals surface area contributed by atoms with Gasteiger partial charge in [-0.1, -0.05) is 36.4 Å². The smallest absolute Gasteiger partial charge is 0.261 e. The molecular weight excluding hydrogens is 410 g/mol. The Balaban J connectivity index is 1.49. The van der Waals surface area contributed by atoms with Crippen LogP contribution in [0.3, 0.4) is 0 Å². The van der Waals surface area contributed by atoms with Gasteiger partial charge in [-0.15, -0.1) is 0 Å². The Hall–Kier alpha value is -3.23. The second-order valence-electron chi connectivity index (χ2n) is 7.77. The van der Waals surface area contributed by atoms with Crippen molar-refractivity contribution >= 4 is 23.4 Å². The zero-order valence-electron chi connectivity index (χ0n) is 17.9. The van der Waals surface area contributed by atoms with Crippen LogP contribution in [-0.2, 0) is 19.1 Å². The maximum Gasteiger partial charge on any atom is 0.261 e. The van der Waals surface area contributed by atoms with Crippen molar-refractivity contribution in [3.8, 4) is 5.75 Å². The van der Waals surface area contributed by atoms with Gasteiger partial charge in [0.05, 0.1) is 25.3 Å². The number of hydrogen-bond acceptors (Lipinski definition) is 6. The number of amides is 3. The van der Waals surface area contributed by atoms with Crippen molar-refractivity contribution in [1.29, 1.82) is 0 Å². The van der Waals surface area contributed by atoms with Crippen LogP contribution in [0.15, 0.2) is 60.7 Å². The van der Waals surface area contributed by atoms with Crippen molar-refractivity contribution in [3.05, 3.63) is 60.7 Å². The van der Waals surface area contributed by atoms with Gasteiger partial charge >= 0.3 is 0 Å². The number of carbonyl (C=O) groups excluding carboxylic acids is 3. The number of ether oxygens (including phenoxy) is 2. The van der Waals surface area contributed by atoms with E-state index in [1.54, 1.807) is 36.4 Å². The third-order valence-electron chi connectivity index (χ3n) is 5.70. The summed E-state index contributed by atoms with van der Waals surface area (Å²) in [6, 6.07) is 17.0. The van der Waals surface area contributed by atoms with E-state index in [4.69, 9.17) is 9.47 Å². The van der Waals surface area contributed by atoms with Gasteiger partial charge in [0.2, 0.25) is 5.91 Å². The molecule has 32 heavy (non-hydrogen) atoms. The highest BCUT2D eigenvalue weighted by Crippen LogP contribution is 2.26. The SMILES string of the molecule is O=C1CC(N(CCN2CCOCC2)C(=O)COc2ccccc2)C(=O)N1c1ccccc1. The lowest BCUT2D eigenvalue weighted by Gasteiger charge is -2.32. The molecule has 2 heterocycles. The molecule has 2 aromatic carbocycles. The summed E-state index contributed by atoms with van der Waals surface area (Å²) in [4.78, 5) is 44.0. The summed E-state index contributed by atoms with van der Waals surface area (Å²) in [5.41, 5.74) is 0.520. The van der Waals surface area contributed by atoms with Crippen LogP contribution in [-0.4, -0.2) is 79.6 Å². The Morgan fingerprint density at radius 3 is 2.34 bits per heavy atom. The molecule has 0 aromatic heterocycles. The highest BCUT2D eigenvalue weighted by Gasteiger charge is 2.44. The van der Waals surface area contributed by atoms with Crippen LogP contribution in [0.25, 0.3) is 0 Å². The van der Waals surface area contributed by atoms with Crippen LogP contribution in [0.2, 0.25) is 0 Å². The molecule has 0 spiro atoms. The maximum absolute atomic E-state index is 13.2. The fourth-order valence-corrected chi connectivity index (χ4v) is 3.98. The third kappa shape index (κ3) is 5.15. The molecule has 0 bridgehead atoms. The Bertz CT molecular complexity index is 931. The lowest BCUT2D eigenvalue weighted by Crippen LogP contribution is -2.51. The summed E-state index contributed by atoms with van der Waals surface area (Å²) in [6.45, 7) is 3.58. The van der Waals surface area contributed by atoms with E-state index in [2.05, 4.69) is 4.90 Å². The number of morpholine rings is 1. The van der Waals surface area contributed by atoms with E-state index >= 15 is 0 Å². The minimum atomic E-state index is -0.837. The van der Waals surface area contributed by atoms with Gasteiger partial charge in [-0.25, -0.2) is 4.90 Å². The van der Waals surface area contributed by atoms with Crippen molar-refractivity contribution in [2.75, 3.05) is 50.9 Å². The second-order valence-corrected chi connectivity index (χ2v) is 7.77. The van der Waals surface area contributed by atoms with Crippen LogP contribution < -0.4 is 9.64 Å². The summed E-state index contributed by atoms with van der Waals surface area (Å²) in [7, 11) is 0. The molecule has 0 radical (unpaired) electrons. The first kappa shape index (κ1) is 22.0. The van der Waals surface area contributed by atoms with Gasteiger partial charge in [0.25, 0.3) is 11.8 Å².